The molecule has 78 valence electrons. The highest BCUT2D eigenvalue weighted by molar-refractivity contribution is 14.1. The fourth-order valence-electron chi connectivity index (χ4n) is 1.78. The van der Waals surface area contributed by atoms with Crippen LogP contribution >= 0.6 is 22.6 Å². The Balaban J connectivity index is 3.10. The molecular formula is C11H10INO2. The van der Waals surface area contributed by atoms with Gasteiger partial charge in [-0.2, -0.15) is 0 Å². The number of hydrogen-bond donors (Lipinski definition) is 1. The van der Waals surface area contributed by atoms with Crippen molar-refractivity contribution < 1.29 is 5.11 Å². The molecule has 1 heterocycles. The molecule has 0 radical (unpaired) electrons. The third-order valence-corrected chi connectivity index (χ3v) is 3.09. The highest BCUT2D eigenvalue weighted by Gasteiger charge is 2.08. The van der Waals surface area contributed by atoms with Crippen LogP contribution in [0.1, 0.15) is 5.56 Å². The fourth-order valence-corrected chi connectivity index (χ4v) is 2.56. The summed E-state index contributed by atoms with van der Waals surface area (Å²) in [7, 11) is 1.71. The van der Waals surface area contributed by atoms with Crippen LogP contribution in [0.15, 0.2) is 23.0 Å². The van der Waals surface area contributed by atoms with Crippen molar-refractivity contribution in [1.82, 2.24) is 4.57 Å². The number of aromatic nitrogens is 1. The minimum absolute atomic E-state index is 0.0507. The van der Waals surface area contributed by atoms with E-state index in [2.05, 4.69) is 22.6 Å². The van der Waals surface area contributed by atoms with E-state index in [1.54, 1.807) is 11.6 Å². The fraction of sp³-hybridized carbons (Fsp3) is 0.182. The van der Waals surface area contributed by atoms with Gasteiger partial charge in [0.1, 0.15) is 5.75 Å². The number of aromatic hydroxyl groups is 1. The van der Waals surface area contributed by atoms with Crippen molar-refractivity contribution in [3.8, 4) is 5.75 Å². The topological polar surface area (TPSA) is 42.2 Å². The standard InChI is InChI=1S/C11H10INO2/c1-6-3-7(12)4-8-9(14)5-10(15)13(2)11(6)8/h3-5,14H,1-2H3. The van der Waals surface area contributed by atoms with E-state index in [4.69, 9.17) is 0 Å². The number of halogens is 1. The molecule has 2 aromatic rings. The van der Waals surface area contributed by atoms with Crippen LogP contribution in [0.25, 0.3) is 10.9 Å². The molecule has 0 atom stereocenters. The van der Waals surface area contributed by atoms with Gasteiger partial charge in [0.2, 0.25) is 0 Å². The highest BCUT2D eigenvalue weighted by atomic mass is 127. The van der Waals surface area contributed by atoms with Crippen LogP contribution in [0.2, 0.25) is 0 Å². The maximum atomic E-state index is 11.5. The smallest absolute Gasteiger partial charge is 0.254 e. The lowest BCUT2D eigenvalue weighted by Gasteiger charge is -2.09. The first-order valence-corrected chi connectivity index (χ1v) is 5.57. The molecular weight excluding hydrogens is 305 g/mol. The van der Waals surface area contributed by atoms with Gasteiger partial charge in [0.25, 0.3) is 5.56 Å². The third kappa shape index (κ3) is 1.62. The van der Waals surface area contributed by atoms with E-state index in [-0.39, 0.29) is 11.3 Å². The first-order valence-electron chi connectivity index (χ1n) is 4.49. The van der Waals surface area contributed by atoms with Crippen molar-refractivity contribution in [2.45, 2.75) is 6.92 Å². The average molecular weight is 315 g/mol. The zero-order chi connectivity index (χ0) is 11.2. The molecule has 1 aromatic carbocycles. The van der Waals surface area contributed by atoms with E-state index in [0.29, 0.717) is 0 Å². The van der Waals surface area contributed by atoms with Crippen LogP contribution in [-0.2, 0) is 7.05 Å². The SMILES string of the molecule is Cc1cc(I)cc2c(O)cc(=O)n(C)c12. The molecule has 0 unspecified atom stereocenters. The third-order valence-electron chi connectivity index (χ3n) is 2.47. The number of aryl methyl sites for hydroxylation is 2. The molecule has 15 heavy (non-hydrogen) atoms. The summed E-state index contributed by atoms with van der Waals surface area (Å²) in [5.74, 6) is 0.0507. The second-order valence-corrected chi connectivity index (χ2v) is 4.79. The molecule has 0 saturated carbocycles. The van der Waals surface area contributed by atoms with Gasteiger partial charge in [-0.25, -0.2) is 0 Å². The van der Waals surface area contributed by atoms with Gasteiger partial charge in [0.05, 0.1) is 5.52 Å². The molecule has 0 saturated heterocycles. The van der Waals surface area contributed by atoms with Crippen LogP contribution in [0, 0.1) is 10.5 Å². The molecule has 0 aliphatic carbocycles. The van der Waals surface area contributed by atoms with Crippen LogP contribution in [-0.4, -0.2) is 9.67 Å². The Kier molecular flexibility index (Phi) is 2.46. The van der Waals surface area contributed by atoms with Crippen molar-refractivity contribution in [2.75, 3.05) is 0 Å². The maximum absolute atomic E-state index is 11.5. The summed E-state index contributed by atoms with van der Waals surface area (Å²) in [6, 6.07) is 5.11. The molecule has 1 N–H and O–H groups in total. The first kappa shape index (κ1) is 10.5. The highest BCUT2D eigenvalue weighted by Crippen LogP contribution is 2.26. The van der Waals surface area contributed by atoms with Gasteiger partial charge in [-0.15, -0.1) is 0 Å². The number of pyridine rings is 1. The van der Waals surface area contributed by atoms with Gasteiger partial charge in [0.15, 0.2) is 0 Å². The Bertz CT molecular complexity index is 602. The lowest BCUT2D eigenvalue weighted by Crippen LogP contribution is -2.16. The number of nitrogens with zero attached hydrogens (tertiary/aromatic N) is 1. The minimum Gasteiger partial charge on any atom is -0.507 e. The largest absolute Gasteiger partial charge is 0.507 e. The monoisotopic (exact) mass is 315 g/mol. The van der Waals surface area contributed by atoms with Crippen LogP contribution < -0.4 is 5.56 Å². The summed E-state index contributed by atoms with van der Waals surface area (Å²) < 4.78 is 2.60. The lowest BCUT2D eigenvalue weighted by atomic mass is 10.1. The summed E-state index contributed by atoms with van der Waals surface area (Å²) in [5.41, 5.74) is 1.59. The Morgan fingerprint density at radius 3 is 2.67 bits per heavy atom. The number of rotatable bonds is 0. The van der Waals surface area contributed by atoms with Gasteiger partial charge in [-0.1, -0.05) is 0 Å². The van der Waals surface area contributed by atoms with Gasteiger partial charge in [0, 0.05) is 22.1 Å². The maximum Gasteiger partial charge on any atom is 0.254 e. The summed E-state index contributed by atoms with van der Waals surface area (Å²) in [5, 5.41) is 10.4. The number of hydrogen-bond acceptors (Lipinski definition) is 2. The van der Waals surface area contributed by atoms with E-state index < -0.39 is 0 Å². The van der Waals surface area contributed by atoms with Gasteiger partial charge >= 0.3 is 0 Å². The zero-order valence-corrected chi connectivity index (χ0v) is 10.6. The zero-order valence-electron chi connectivity index (χ0n) is 8.41. The van der Waals surface area contributed by atoms with E-state index in [9.17, 15) is 9.90 Å². The summed E-state index contributed by atoms with van der Waals surface area (Å²) in [6.45, 7) is 1.93. The molecule has 0 aliphatic rings. The van der Waals surface area contributed by atoms with E-state index in [1.165, 1.54) is 6.07 Å². The first-order chi connectivity index (χ1) is 7.00. The molecule has 2 rings (SSSR count). The lowest BCUT2D eigenvalue weighted by molar-refractivity contribution is 0.479. The molecule has 0 amide bonds. The Labute approximate surface area is 100 Å². The molecule has 0 fully saturated rings. The normalized spacial score (nSPS) is 10.9. The van der Waals surface area contributed by atoms with E-state index in [0.717, 1.165) is 20.0 Å². The van der Waals surface area contributed by atoms with Crippen molar-refractivity contribution in [2.24, 2.45) is 7.05 Å². The second kappa shape index (κ2) is 3.52. The van der Waals surface area contributed by atoms with Crippen molar-refractivity contribution in [1.29, 1.82) is 0 Å². The van der Waals surface area contributed by atoms with Crippen LogP contribution in [0.4, 0.5) is 0 Å². The quantitative estimate of drug-likeness (QED) is 0.757. The van der Waals surface area contributed by atoms with E-state index >= 15 is 0 Å². The van der Waals surface area contributed by atoms with Gasteiger partial charge in [-0.3, -0.25) is 4.79 Å². The Morgan fingerprint density at radius 1 is 1.33 bits per heavy atom. The summed E-state index contributed by atoms with van der Waals surface area (Å²) >= 11 is 2.19. The van der Waals surface area contributed by atoms with Gasteiger partial charge < -0.3 is 9.67 Å². The minimum atomic E-state index is -0.190. The van der Waals surface area contributed by atoms with Crippen molar-refractivity contribution >= 4 is 33.5 Å². The molecule has 3 nitrogen and oxygen atoms in total. The van der Waals surface area contributed by atoms with Gasteiger partial charge in [-0.05, 0) is 47.2 Å². The predicted molar refractivity (Wildman–Crippen MR) is 68.3 cm³/mol. The average Bonchev–Trinajstić information content (AvgIpc) is 2.13. The Hall–Kier alpha value is -1.04. The molecule has 0 bridgehead atoms. The number of fused-ring (bicyclic) bond motifs is 1. The molecule has 0 aliphatic heterocycles. The number of benzene rings is 1. The Morgan fingerprint density at radius 2 is 2.00 bits per heavy atom. The molecule has 4 heteroatoms. The molecule has 0 spiro atoms. The summed E-state index contributed by atoms with van der Waals surface area (Å²) in [6.07, 6.45) is 0. The second-order valence-electron chi connectivity index (χ2n) is 3.55. The van der Waals surface area contributed by atoms with Crippen LogP contribution in [0.5, 0.6) is 5.75 Å². The summed E-state index contributed by atoms with van der Waals surface area (Å²) in [4.78, 5) is 11.5. The molecule has 1 aromatic heterocycles. The van der Waals surface area contributed by atoms with E-state index in [1.807, 2.05) is 19.1 Å². The van der Waals surface area contributed by atoms with Crippen molar-refractivity contribution in [3.05, 3.63) is 37.7 Å². The van der Waals surface area contributed by atoms with Crippen molar-refractivity contribution in [3.63, 3.8) is 0 Å². The van der Waals surface area contributed by atoms with Crippen LogP contribution in [0.3, 0.4) is 0 Å². The predicted octanol–water partition coefficient (Wildman–Crippen LogP) is 2.16.